The lowest BCUT2D eigenvalue weighted by Crippen LogP contribution is -2.14. The molecule has 0 N–H and O–H groups in total. The van der Waals surface area contributed by atoms with Crippen molar-refractivity contribution in [2.24, 2.45) is 17.8 Å². The second-order valence-corrected chi connectivity index (χ2v) is 3.94. The molecule has 0 aromatic rings. The first-order valence-electron chi connectivity index (χ1n) is 4.02. The van der Waals surface area contributed by atoms with Gasteiger partial charge in [0, 0.05) is 0 Å². The van der Waals surface area contributed by atoms with Crippen LogP contribution in [0.5, 0.6) is 0 Å². The summed E-state index contributed by atoms with van der Waals surface area (Å²) < 4.78 is 5.51. The molecule has 1 nitrogen and oxygen atoms in total. The van der Waals surface area contributed by atoms with Gasteiger partial charge in [-0.3, -0.25) is 0 Å². The van der Waals surface area contributed by atoms with Crippen molar-refractivity contribution in [1.82, 2.24) is 0 Å². The SMILES string of the molecule is CC1CC2CC1C1O[C@H]21. The normalized spacial score (nSPS) is 68.3. The van der Waals surface area contributed by atoms with Gasteiger partial charge in [0.05, 0.1) is 12.2 Å². The molecule has 3 fully saturated rings. The van der Waals surface area contributed by atoms with Crippen LogP contribution in [0.3, 0.4) is 0 Å². The number of hydrogen-bond acceptors (Lipinski definition) is 1. The highest BCUT2D eigenvalue weighted by molar-refractivity contribution is 5.09. The Morgan fingerprint density at radius 3 is 2.67 bits per heavy atom. The van der Waals surface area contributed by atoms with E-state index in [0.29, 0.717) is 0 Å². The summed E-state index contributed by atoms with van der Waals surface area (Å²) in [7, 11) is 0. The Morgan fingerprint density at radius 2 is 2.11 bits per heavy atom. The quantitative estimate of drug-likeness (QED) is 0.445. The summed E-state index contributed by atoms with van der Waals surface area (Å²) in [6.07, 6.45) is 4.38. The molecule has 1 heterocycles. The Hall–Kier alpha value is -0.0400. The topological polar surface area (TPSA) is 12.5 Å². The van der Waals surface area contributed by atoms with Gasteiger partial charge < -0.3 is 4.74 Å². The zero-order valence-corrected chi connectivity index (χ0v) is 5.71. The van der Waals surface area contributed by atoms with E-state index in [9.17, 15) is 0 Å². The first kappa shape index (κ1) is 4.73. The van der Waals surface area contributed by atoms with Crippen molar-refractivity contribution in [3.8, 4) is 0 Å². The molecule has 1 saturated heterocycles. The van der Waals surface area contributed by atoms with E-state index >= 15 is 0 Å². The standard InChI is InChI=1S/C8H12O/c1-4-2-5-3-6(4)8-7(5)9-8/h4-8H,2-3H2,1H3/t4?,5?,6?,7-,8?/m1/s1. The predicted octanol–water partition coefficient (Wildman–Crippen LogP) is 1.43. The lowest BCUT2D eigenvalue weighted by molar-refractivity contribution is 0.254. The van der Waals surface area contributed by atoms with Gasteiger partial charge in [0.15, 0.2) is 0 Å². The average molecular weight is 124 g/mol. The maximum Gasteiger partial charge on any atom is 0.0875 e. The van der Waals surface area contributed by atoms with Crippen molar-refractivity contribution in [2.45, 2.75) is 32.0 Å². The zero-order chi connectivity index (χ0) is 6.01. The van der Waals surface area contributed by atoms with Crippen molar-refractivity contribution in [2.75, 3.05) is 0 Å². The van der Waals surface area contributed by atoms with Gasteiger partial charge in [-0.25, -0.2) is 0 Å². The smallest absolute Gasteiger partial charge is 0.0875 e. The number of epoxide rings is 1. The fourth-order valence-corrected chi connectivity index (χ4v) is 2.92. The Labute approximate surface area is 55.4 Å². The van der Waals surface area contributed by atoms with Crippen LogP contribution in [0, 0.1) is 17.8 Å². The largest absolute Gasteiger partial charge is 0.369 e. The molecule has 0 amide bonds. The molecule has 2 aliphatic carbocycles. The molecule has 1 heteroatoms. The highest BCUT2D eigenvalue weighted by Gasteiger charge is 2.61. The van der Waals surface area contributed by atoms with Crippen LogP contribution >= 0.6 is 0 Å². The minimum Gasteiger partial charge on any atom is -0.369 e. The molecule has 3 rings (SSSR count). The Balaban J connectivity index is 1.96. The van der Waals surface area contributed by atoms with Crippen LogP contribution in [0.15, 0.2) is 0 Å². The maximum absolute atomic E-state index is 5.51. The molecule has 0 spiro atoms. The van der Waals surface area contributed by atoms with Gasteiger partial charge in [-0.15, -0.1) is 0 Å². The highest BCUT2D eigenvalue weighted by Crippen LogP contribution is 2.58. The van der Waals surface area contributed by atoms with Crippen LogP contribution < -0.4 is 0 Å². The maximum atomic E-state index is 5.51. The number of ether oxygens (including phenoxy) is 1. The fraction of sp³-hybridized carbons (Fsp3) is 1.00. The molecule has 2 bridgehead atoms. The van der Waals surface area contributed by atoms with Crippen LogP contribution in [-0.4, -0.2) is 12.2 Å². The summed E-state index contributed by atoms with van der Waals surface area (Å²) in [5.41, 5.74) is 0. The van der Waals surface area contributed by atoms with E-state index in [1.165, 1.54) is 12.8 Å². The van der Waals surface area contributed by atoms with Crippen LogP contribution in [-0.2, 0) is 4.74 Å². The van der Waals surface area contributed by atoms with Crippen LogP contribution in [0.4, 0.5) is 0 Å². The molecule has 1 aliphatic heterocycles. The molecule has 0 aromatic carbocycles. The molecule has 0 aromatic heterocycles. The van der Waals surface area contributed by atoms with Gasteiger partial charge in [0.25, 0.3) is 0 Å². The summed E-state index contributed by atoms with van der Waals surface area (Å²) in [6.45, 7) is 2.38. The van der Waals surface area contributed by atoms with E-state index < -0.39 is 0 Å². The highest BCUT2D eigenvalue weighted by atomic mass is 16.6. The summed E-state index contributed by atoms with van der Waals surface area (Å²) in [5.74, 6) is 2.90. The second kappa shape index (κ2) is 1.20. The van der Waals surface area contributed by atoms with Crippen LogP contribution in [0.2, 0.25) is 0 Å². The molecule has 4 unspecified atom stereocenters. The first-order chi connectivity index (χ1) is 4.36. The monoisotopic (exact) mass is 124 g/mol. The van der Waals surface area contributed by atoms with Gasteiger partial charge in [-0.05, 0) is 30.6 Å². The van der Waals surface area contributed by atoms with E-state index in [0.717, 1.165) is 30.0 Å². The third-order valence-electron chi connectivity index (χ3n) is 3.43. The number of hydrogen-bond donors (Lipinski definition) is 0. The summed E-state index contributed by atoms with van der Waals surface area (Å²) >= 11 is 0. The third kappa shape index (κ3) is 0.420. The third-order valence-corrected chi connectivity index (χ3v) is 3.43. The summed E-state index contributed by atoms with van der Waals surface area (Å²) in [4.78, 5) is 0. The van der Waals surface area contributed by atoms with Gasteiger partial charge in [0.1, 0.15) is 0 Å². The minimum atomic E-state index is 0.721. The molecule has 50 valence electrons. The molecule has 5 atom stereocenters. The minimum absolute atomic E-state index is 0.721. The van der Waals surface area contributed by atoms with E-state index in [1.807, 2.05) is 0 Å². The van der Waals surface area contributed by atoms with E-state index in [4.69, 9.17) is 4.74 Å². The van der Waals surface area contributed by atoms with Gasteiger partial charge in [-0.2, -0.15) is 0 Å². The second-order valence-electron chi connectivity index (χ2n) is 3.94. The van der Waals surface area contributed by atoms with Crippen LogP contribution in [0.1, 0.15) is 19.8 Å². The Kier molecular flexibility index (Phi) is 0.628. The summed E-state index contributed by atoms with van der Waals surface area (Å²) in [5, 5.41) is 0. The molecular formula is C8H12O. The van der Waals surface area contributed by atoms with Crippen molar-refractivity contribution in [3.63, 3.8) is 0 Å². The zero-order valence-electron chi connectivity index (χ0n) is 5.71. The molecule has 9 heavy (non-hydrogen) atoms. The van der Waals surface area contributed by atoms with E-state index in [1.54, 1.807) is 0 Å². The Morgan fingerprint density at radius 1 is 1.22 bits per heavy atom. The van der Waals surface area contributed by atoms with E-state index in [2.05, 4.69) is 6.92 Å². The molecule has 0 radical (unpaired) electrons. The van der Waals surface area contributed by atoms with Gasteiger partial charge in [0.2, 0.25) is 0 Å². The van der Waals surface area contributed by atoms with Crippen molar-refractivity contribution in [3.05, 3.63) is 0 Å². The van der Waals surface area contributed by atoms with Gasteiger partial charge >= 0.3 is 0 Å². The number of fused-ring (bicyclic) bond motifs is 5. The molecule has 2 saturated carbocycles. The fourth-order valence-electron chi connectivity index (χ4n) is 2.92. The number of rotatable bonds is 0. The van der Waals surface area contributed by atoms with E-state index in [-0.39, 0.29) is 0 Å². The van der Waals surface area contributed by atoms with Gasteiger partial charge in [-0.1, -0.05) is 6.92 Å². The van der Waals surface area contributed by atoms with Crippen molar-refractivity contribution in [1.29, 1.82) is 0 Å². The Bertz CT molecular complexity index is 151. The average Bonchev–Trinajstić information content (AvgIpc) is 2.46. The molecular weight excluding hydrogens is 112 g/mol. The van der Waals surface area contributed by atoms with Crippen molar-refractivity contribution < 1.29 is 4.74 Å². The summed E-state index contributed by atoms with van der Waals surface area (Å²) in [6, 6.07) is 0. The van der Waals surface area contributed by atoms with Crippen LogP contribution in [0.25, 0.3) is 0 Å². The molecule has 3 aliphatic rings. The first-order valence-corrected chi connectivity index (χ1v) is 4.02. The predicted molar refractivity (Wildman–Crippen MR) is 34.0 cm³/mol. The van der Waals surface area contributed by atoms with Crippen molar-refractivity contribution >= 4 is 0 Å². The lowest BCUT2D eigenvalue weighted by Gasteiger charge is -2.11. The lowest BCUT2D eigenvalue weighted by atomic mass is 9.91.